The summed E-state index contributed by atoms with van der Waals surface area (Å²) in [6, 6.07) is 6.81. The molecule has 0 spiro atoms. The summed E-state index contributed by atoms with van der Waals surface area (Å²) < 4.78 is 10.9. The average Bonchev–Trinajstić information content (AvgIpc) is 3.39. The van der Waals surface area contributed by atoms with E-state index in [-0.39, 0.29) is 0 Å². The van der Waals surface area contributed by atoms with Crippen molar-refractivity contribution in [1.82, 2.24) is 15.8 Å². The third kappa shape index (κ3) is 4.93. The molecular formula is C20H21N3O4S2. The molecule has 0 saturated carbocycles. The van der Waals surface area contributed by atoms with Crippen molar-refractivity contribution < 1.29 is 19.1 Å². The minimum atomic E-state index is -0.459. The van der Waals surface area contributed by atoms with Crippen molar-refractivity contribution in [1.29, 1.82) is 0 Å². The van der Waals surface area contributed by atoms with Gasteiger partial charge in [0, 0.05) is 16.5 Å². The van der Waals surface area contributed by atoms with E-state index in [0.717, 1.165) is 17.0 Å². The normalized spacial score (nSPS) is 10.4. The minimum absolute atomic E-state index is 0.339. The fourth-order valence-corrected chi connectivity index (χ4v) is 4.17. The topological polar surface area (TPSA) is 89.6 Å². The van der Waals surface area contributed by atoms with Gasteiger partial charge in [-0.25, -0.2) is 4.98 Å². The highest BCUT2D eigenvalue weighted by Gasteiger charge is 2.18. The van der Waals surface area contributed by atoms with Crippen molar-refractivity contribution in [3.63, 3.8) is 0 Å². The van der Waals surface area contributed by atoms with Crippen LogP contribution < -0.4 is 20.3 Å². The number of rotatable bonds is 7. The van der Waals surface area contributed by atoms with Gasteiger partial charge in [-0.2, -0.15) is 11.3 Å². The van der Waals surface area contributed by atoms with Gasteiger partial charge in [-0.05, 0) is 43.0 Å². The molecule has 2 amide bonds. The molecule has 0 atom stereocenters. The molecule has 1 aromatic carbocycles. The number of carbonyl (C=O) groups excluding carboxylic acids is 2. The van der Waals surface area contributed by atoms with E-state index in [2.05, 4.69) is 15.8 Å². The number of nitrogens with one attached hydrogen (secondary N) is 2. The van der Waals surface area contributed by atoms with Crippen LogP contribution in [0.15, 0.2) is 35.0 Å². The first kappa shape index (κ1) is 20.8. The van der Waals surface area contributed by atoms with Crippen LogP contribution in [0, 0.1) is 6.92 Å². The van der Waals surface area contributed by atoms with Gasteiger partial charge in [0.1, 0.15) is 9.88 Å². The Labute approximate surface area is 176 Å². The third-order valence-corrected chi connectivity index (χ3v) is 5.84. The summed E-state index contributed by atoms with van der Waals surface area (Å²) in [5, 5.41) is 4.70. The molecule has 3 aromatic rings. The summed E-state index contributed by atoms with van der Waals surface area (Å²) in [5.41, 5.74) is 6.80. The second-order valence-corrected chi connectivity index (χ2v) is 7.85. The number of carbonyl (C=O) groups is 2. The number of hydrazine groups is 1. The molecule has 0 bridgehead atoms. The number of hydrogen-bond acceptors (Lipinski definition) is 7. The van der Waals surface area contributed by atoms with E-state index in [1.54, 1.807) is 36.5 Å². The van der Waals surface area contributed by atoms with Crippen molar-refractivity contribution in [2.24, 2.45) is 0 Å². The molecule has 0 radical (unpaired) electrons. The molecule has 152 valence electrons. The number of methoxy groups -OCH3 is 1. The first-order chi connectivity index (χ1) is 14.0. The molecule has 9 heteroatoms. The second kappa shape index (κ2) is 9.53. The van der Waals surface area contributed by atoms with Gasteiger partial charge in [0.25, 0.3) is 11.8 Å². The molecule has 0 saturated heterocycles. The summed E-state index contributed by atoms with van der Waals surface area (Å²) in [5.74, 6) is 0.149. The largest absolute Gasteiger partial charge is 0.493 e. The smallest absolute Gasteiger partial charge is 0.281 e. The number of nitrogens with zero attached hydrogens (tertiary/aromatic N) is 1. The molecule has 0 fully saturated rings. The van der Waals surface area contributed by atoms with Crippen LogP contribution in [0.5, 0.6) is 11.5 Å². The lowest BCUT2D eigenvalue weighted by molar-refractivity contribution is 0.0848. The van der Waals surface area contributed by atoms with Crippen molar-refractivity contribution >= 4 is 34.5 Å². The Morgan fingerprint density at radius 1 is 1.14 bits per heavy atom. The molecule has 0 aliphatic heterocycles. The Morgan fingerprint density at radius 2 is 1.93 bits per heavy atom. The number of amides is 2. The van der Waals surface area contributed by atoms with Crippen LogP contribution in [0.1, 0.15) is 39.1 Å². The van der Waals surface area contributed by atoms with Crippen LogP contribution in [-0.2, 0) is 0 Å². The molecule has 0 aliphatic rings. The lowest BCUT2D eigenvalue weighted by atomic mass is 10.2. The van der Waals surface area contributed by atoms with Gasteiger partial charge in [0.05, 0.1) is 19.4 Å². The van der Waals surface area contributed by atoms with Crippen LogP contribution in [-0.4, -0.2) is 30.5 Å². The zero-order valence-electron chi connectivity index (χ0n) is 16.3. The van der Waals surface area contributed by atoms with Gasteiger partial charge in [-0.1, -0.05) is 6.92 Å². The molecule has 3 rings (SSSR count). The van der Waals surface area contributed by atoms with E-state index in [1.807, 2.05) is 23.8 Å². The lowest BCUT2D eigenvalue weighted by Gasteiger charge is -2.12. The first-order valence-corrected chi connectivity index (χ1v) is 10.7. The van der Waals surface area contributed by atoms with E-state index in [4.69, 9.17) is 9.47 Å². The lowest BCUT2D eigenvalue weighted by Crippen LogP contribution is -2.41. The van der Waals surface area contributed by atoms with Crippen molar-refractivity contribution in [2.75, 3.05) is 13.7 Å². The van der Waals surface area contributed by atoms with E-state index >= 15 is 0 Å². The number of thiazole rings is 1. The number of thiophene rings is 1. The van der Waals surface area contributed by atoms with E-state index in [1.165, 1.54) is 18.4 Å². The van der Waals surface area contributed by atoms with Gasteiger partial charge in [0.15, 0.2) is 11.5 Å². The Bertz CT molecular complexity index is 999. The van der Waals surface area contributed by atoms with Gasteiger partial charge in [-0.3, -0.25) is 20.4 Å². The van der Waals surface area contributed by atoms with E-state index in [0.29, 0.717) is 34.2 Å². The number of aryl methyl sites for hydroxylation is 1. The van der Waals surface area contributed by atoms with Crippen molar-refractivity contribution in [3.05, 3.63) is 51.2 Å². The summed E-state index contributed by atoms with van der Waals surface area (Å²) in [6.45, 7) is 4.33. The van der Waals surface area contributed by atoms with Gasteiger partial charge in [-0.15, -0.1) is 11.3 Å². The Kier molecular flexibility index (Phi) is 6.84. The first-order valence-electron chi connectivity index (χ1n) is 8.95. The van der Waals surface area contributed by atoms with Crippen LogP contribution in [0.4, 0.5) is 0 Å². The van der Waals surface area contributed by atoms with E-state index in [9.17, 15) is 9.59 Å². The van der Waals surface area contributed by atoms with Crippen LogP contribution in [0.3, 0.4) is 0 Å². The highest BCUT2D eigenvalue weighted by Crippen LogP contribution is 2.30. The molecule has 0 aliphatic carbocycles. The van der Waals surface area contributed by atoms with Crippen molar-refractivity contribution in [2.45, 2.75) is 20.3 Å². The Balaban J connectivity index is 1.65. The maximum absolute atomic E-state index is 12.5. The second-order valence-electron chi connectivity index (χ2n) is 6.07. The summed E-state index contributed by atoms with van der Waals surface area (Å²) in [6.07, 6.45) is 0.864. The molecule has 29 heavy (non-hydrogen) atoms. The SMILES string of the molecule is CCCOc1ccc(C(=O)NNC(=O)c2sc(-c3ccsc3)nc2C)cc1OC. The van der Waals surface area contributed by atoms with Gasteiger partial charge >= 0.3 is 0 Å². The molecule has 2 N–H and O–H groups in total. The number of hydrogen-bond donors (Lipinski definition) is 2. The molecule has 7 nitrogen and oxygen atoms in total. The number of benzene rings is 1. The van der Waals surface area contributed by atoms with Gasteiger partial charge in [0.2, 0.25) is 0 Å². The maximum Gasteiger partial charge on any atom is 0.281 e. The number of ether oxygens (including phenoxy) is 2. The summed E-state index contributed by atoms with van der Waals surface area (Å²) in [4.78, 5) is 29.8. The highest BCUT2D eigenvalue weighted by atomic mass is 32.1. The fourth-order valence-electron chi connectivity index (χ4n) is 2.50. The number of aromatic nitrogens is 1. The predicted octanol–water partition coefficient (Wildman–Crippen LogP) is 4.05. The standard InChI is InChI=1S/C20H21N3O4S2/c1-4-8-27-15-6-5-13(10-16(15)26-3)18(24)22-23-19(25)17-12(2)21-20(29-17)14-7-9-28-11-14/h5-7,9-11H,4,8H2,1-3H3,(H,22,24)(H,23,25). The monoisotopic (exact) mass is 431 g/mol. The van der Waals surface area contributed by atoms with Crippen LogP contribution >= 0.6 is 22.7 Å². The van der Waals surface area contributed by atoms with Crippen LogP contribution in [0.25, 0.3) is 10.6 Å². The predicted molar refractivity (Wildman–Crippen MR) is 114 cm³/mol. The fraction of sp³-hybridized carbons (Fsp3) is 0.250. The molecule has 2 aromatic heterocycles. The van der Waals surface area contributed by atoms with Crippen molar-refractivity contribution in [3.8, 4) is 22.1 Å². The molecular weight excluding hydrogens is 410 g/mol. The highest BCUT2D eigenvalue weighted by molar-refractivity contribution is 7.17. The van der Waals surface area contributed by atoms with Crippen LogP contribution in [0.2, 0.25) is 0 Å². The Morgan fingerprint density at radius 3 is 2.62 bits per heavy atom. The zero-order valence-corrected chi connectivity index (χ0v) is 17.9. The third-order valence-electron chi connectivity index (χ3n) is 3.95. The zero-order chi connectivity index (χ0) is 20.8. The Hall–Kier alpha value is -2.91. The molecule has 0 unspecified atom stereocenters. The molecule has 2 heterocycles. The van der Waals surface area contributed by atoms with E-state index < -0.39 is 11.8 Å². The summed E-state index contributed by atoms with van der Waals surface area (Å²) in [7, 11) is 1.51. The summed E-state index contributed by atoms with van der Waals surface area (Å²) >= 11 is 2.85. The maximum atomic E-state index is 12.5. The quantitative estimate of drug-likeness (QED) is 0.551. The van der Waals surface area contributed by atoms with Gasteiger partial charge < -0.3 is 9.47 Å². The average molecular weight is 432 g/mol. The minimum Gasteiger partial charge on any atom is -0.493 e.